The number of esters is 1. The summed E-state index contributed by atoms with van der Waals surface area (Å²) < 4.78 is 10.9. The minimum Gasteiger partial charge on any atom is -0.464 e. The van der Waals surface area contributed by atoms with Crippen molar-refractivity contribution in [2.24, 2.45) is 0 Å². The summed E-state index contributed by atoms with van der Waals surface area (Å²) in [6, 6.07) is 15.9. The van der Waals surface area contributed by atoms with Crippen LogP contribution in [0, 0.1) is 0 Å². The molecule has 0 amide bonds. The van der Waals surface area contributed by atoms with Crippen LogP contribution in [0.15, 0.2) is 48.5 Å². The van der Waals surface area contributed by atoms with Gasteiger partial charge < -0.3 is 9.47 Å². The van der Waals surface area contributed by atoms with Gasteiger partial charge in [0.05, 0.1) is 12.7 Å². The lowest BCUT2D eigenvalue weighted by atomic mass is 10.0. The molecule has 24 heavy (non-hydrogen) atoms. The van der Waals surface area contributed by atoms with Crippen LogP contribution in [0.1, 0.15) is 38.9 Å². The maximum atomic E-state index is 11.8. The number of benzene rings is 2. The van der Waals surface area contributed by atoms with Gasteiger partial charge in [0.1, 0.15) is 0 Å². The minimum atomic E-state index is -0.532. The van der Waals surface area contributed by atoms with Crippen molar-refractivity contribution in [1.82, 2.24) is 0 Å². The van der Waals surface area contributed by atoms with E-state index in [-0.39, 0.29) is 12.1 Å². The third kappa shape index (κ3) is 4.83. The molecule has 128 valence electrons. The number of rotatable bonds is 7. The van der Waals surface area contributed by atoms with Gasteiger partial charge in [-0.1, -0.05) is 54.9 Å². The minimum absolute atomic E-state index is 0.182. The zero-order valence-electron chi connectivity index (χ0n) is 14.3. The molecule has 2 atom stereocenters. The molecule has 3 nitrogen and oxygen atoms in total. The summed E-state index contributed by atoms with van der Waals surface area (Å²) >= 11 is 5.92. The van der Waals surface area contributed by atoms with Gasteiger partial charge >= 0.3 is 5.97 Å². The van der Waals surface area contributed by atoms with E-state index in [2.05, 4.69) is 0 Å². The van der Waals surface area contributed by atoms with Crippen molar-refractivity contribution in [1.29, 1.82) is 0 Å². The average molecular weight is 347 g/mol. The molecule has 0 aliphatic carbocycles. The number of halogens is 1. The Balaban J connectivity index is 2.06. The molecule has 0 aliphatic rings. The molecule has 0 aromatic heterocycles. The molecule has 2 aromatic carbocycles. The fraction of sp³-hybridized carbons (Fsp3) is 0.350. The Labute approximate surface area is 148 Å². The van der Waals surface area contributed by atoms with E-state index >= 15 is 0 Å². The van der Waals surface area contributed by atoms with E-state index < -0.39 is 6.10 Å². The Morgan fingerprint density at radius 1 is 1.00 bits per heavy atom. The molecule has 2 unspecified atom stereocenters. The largest absolute Gasteiger partial charge is 0.464 e. The summed E-state index contributed by atoms with van der Waals surface area (Å²) in [4.78, 5) is 11.8. The van der Waals surface area contributed by atoms with Crippen LogP contribution in [0.25, 0.3) is 11.1 Å². The van der Waals surface area contributed by atoms with Crippen molar-refractivity contribution >= 4 is 17.6 Å². The van der Waals surface area contributed by atoms with E-state index in [1.54, 1.807) is 6.92 Å². The molecule has 4 heteroatoms. The molecule has 0 radical (unpaired) electrons. The van der Waals surface area contributed by atoms with Gasteiger partial charge in [0.2, 0.25) is 0 Å². The Morgan fingerprint density at radius 3 is 2.04 bits per heavy atom. The molecular formula is C20H23ClO3. The van der Waals surface area contributed by atoms with Crippen LogP contribution < -0.4 is 0 Å². The van der Waals surface area contributed by atoms with Gasteiger partial charge in [-0.15, -0.1) is 0 Å². The van der Waals surface area contributed by atoms with Crippen molar-refractivity contribution in [3.63, 3.8) is 0 Å². The molecule has 0 saturated carbocycles. The number of ether oxygens (including phenoxy) is 2. The third-order valence-electron chi connectivity index (χ3n) is 3.85. The summed E-state index contributed by atoms with van der Waals surface area (Å²) in [5.41, 5.74) is 3.24. The lowest BCUT2D eigenvalue weighted by molar-refractivity contribution is -0.160. The van der Waals surface area contributed by atoms with Crippen LogP contribution in [0.5, 0.6) is 0 Å². The van der Waals surface area contributed by atoms with E-state index in [1.807, 2.05) is 62.4 Å². The third-order valence-corrected chi connectivity index (χ3v) is 4.10. The molecule has 0 saturated heterocycles. The number of hydrogen-bond acceptors (Lipinski definition) is 3. The Hall–Kier alpha value is -1.84. The molecular weight excluding hydrogens is 324 g/mol. The van der Waals surface area contributed by atoms with Crippen molar-refractivity contribution in [2.45, 2.75) is 39.4 Å². The highest BCUT2D eigenvalue weighted by molar-refractivity contribution is 6.30. The van der Waals surface area contributed by atoms with Crippen molar-refractivity contribution in [3.8, 4) is 11.1 Å². The normalized spacial score (nSPS) is 13.3. The second-order valence-corrected chi connectivity index (χ2v) is 5.99. The second-order valence-electron chi connectivity index (χ2n) is 5.56. The summed E-state index contributed by atoms with van der Waals surface area (Å²) in [6.45, 7) is 6.02. The molecule has 0 fully saturated rings. The zero-order valence-corrected chi connectivity index (χ0v) is 15.0. The Kier molecular flexibility index (Phi) is 6.83. The van der Waals surface area contributed by atoms with Crippen LogP contribution in [0.4, 0.5) is 0 Å². The highest BCUT2D eigenvalue weighted by Gasteiger charge is 2.21. The van der Waals surface area contributed by atoms with E-state index in [0.717, 1.165) is 21.7 Å². The molecule has 0 aliphatic heterocycles. The van der Waals surface area contributed by atoms with Gasteiger partial charge in [0.15, 0.2) is 6.10 Å². The molecule has 0 spiro atoms. The van der Waals surface area contributed by atoms with Crippen molar-refractivity contribution in [3.05, 3.63) is 59.1 Å². The van der Waals surface area contributed by atoms with Gasteiger partial charge in [-0.25, -0.2) is 4.79 Å². The monoisotopic (exact) mass is 346 g/mol. The Bertz CT molecular complexity index is 650. The fourth-order valence-corrected chi connectivity index (χ4v) is 2.59. The SMILES string of the molecule is CCOC(=O)C(CC)OC(C)c1ccc(-c2ccc(Cl)cc2)cc1. The van der Waals surface area contributed by atoms with E-state index in [4.69, 9.17) is 21.1 Å². The highest BCUT2D eigenvalue weighted by atomic mass is 35.5. The quantitative estimate of drug-likeness (QED) is 0.627. The summed E-state index contributed by atoms with van der Waals surface area (Å²) in [5, 5.41) is 0.724. The van der Waals surface area contributed by atoms with Crippen LogP contribution in [0.2, 0.25) is 5.02 Å². The first-order chi connectivity index (χ1) is 11.5. The maximum Gasteiger partial charge on any atom is 0.335 e. The van der Waals surface area contributed by atoms with E-state index in [1.165, 1.54) is 0 Å². The lowest BCUT2D eigenvalue weighted by Crippen LogP contribution is -2.27. The standard InChI is InChI=1S/C20H23ClO3/c1-4-19(20(22)23-5-2)24-14(3)15-6-8-16(9-7-15)17-10-12-18(21)13-11-17/h6-14,19H,4-5H2,1-3H3. The predicted octanol–water partition coefficient (Wildman–Crippen LogP) is 5.43. The summed E-state index contributed by atoms with van der Waals surface area (Å²) in [7, 11) is 0. The fourth-order valence-electron chi connectivity index (χ4n) is 2.47. The molecule has 0 heterocycles. The summed E-state index contributed by atoms with van der Waals surface area (Å²) in [6.07, 6.45) is -0.124. The first-order valence-electron chi connectivity index (χ1n) is 8.23. The summed E-state index contributed by atoms with van der Waals surface area (Å²) in [5.74, 6) is -0.301. The highest BCUT2D eigenvalue weighted by Crippen LogP contribution is 2.25. The average Bonchev–Trinajstić information content (AvgIpc) is 2.60. The van der Waals surface area contributed by atoms with Gasteiger partial charge in [0.25, 0.3) is 0 Å². The predicted molar refractivity (Wildman–Crippen MR) is 97.1 cm³/mol. The zero-order chi connectivity index (χ0) is 17.5. The van der Waals surface area contributed by atoms with Crippen LogP contribution in [-0.4, -0.2) is 18.7 Å². The van der Waals surface area contributed by atoms with Gasteiger partial charge in [-0.05, 0) is 49.1 Å². The van der Waals surface area contributed by atoms with Crippen LogP contribution in [0.3, 0.4) is 0 Å². The molecule has 0 N–H and O–H groups in total. The molecule has 2 rings (SSSR count). The van der Waals surface area contributed by atoms with Crippen LogP contribution in [-0.2, 0) is 14.3 Å². The van der Waals surface area contributed by atoms with Crippen molar-refractivity contribution < 1.29 is 14.3 Å². The molecule has 2 aromatic rings. The van der Waals surface area contributed by atoms with Gasteiger partial charge in [0, 0.05) is 5.02 Å². The van der Waals surface area contributed by atoms with Crippen LogP contribution >= 0.6 is 11.6 Å². The molecule has 0 bridgehead atoms. The van der Waals surface area contributed by atoms with Gasteiger partial charge in [-0.3, -0.25) is 0 Å². The topological polar surface area (TPSA) is 35.5 Å². The van der Waals surface area contributed by atoms with E-state index in [9.17, 15) is 4.79 Å². The smallest absolute Gasteiger partial charge is 0.335 e. The lowest BCUT2D eigenvalue weighted by Gasteiger charge is -2.20. The van der Waals surface area contributed by atoms with E-state index in [0.29, 0.717) is 13.0 Å². The Morgan fingerprint density at radius 2 is 1.54 bits per heavy atom. The number of carbonyl (C=O) groups excluding carboxylic acids is 1. The first kappa shape index (κ1) is 18.5. The second kappa shape index (κ2) is 8.86. The number of carbonyl (C=O) groups is 1. The maximum absolute atomic E-state index is 11.8. The number of hydrogen-bond donors (Lipinski definition) is 0. The first-order valence-corrected chi connectivity index (χ1v) is 8.61. The van der Waals surface area contributed by atoms with Gasteiger partial charge in [-0.2, -0.15) is 0 Å². The van der Waals surface area contributed by atoms with Crippen molar-refractivity contribution in [2.75, 3.05) is 6.61 Å².